The van der Waals surface area contributed by atoms with Crippen LogP contribution in [0.2, 0.25) is 0 Å². The Morgan fingerprint density at radius 3 is 3.11 bits per heavy atom. The number of fused-ring (bicyclic) bond motifs is 1. The third kappa shape index (κ3) is 2.48. The summed E-state index contributed by atoms with van der Waals surface area (Å²) < 4.78 is 4.97. The van der Waals surface area contributed by atoms with E-state index in [4.69, 9.17) is 9.63 Å². The molecule has 96 valence electrons. The van der Waals surface area contributed by atoms with Gasteiger partial charge in [-0.3, -0.25) is 4.79 Å². The number of nitrogens with one attached hydrogen (secondary N) is 1. The van der Waals surface area contributed by atoms with E-state index in [0.29, 0.717) is 23.5 Å². The molecular weight excluding hydrogens is 234 g/mol. The summed E-state index contributed by atoms with van der Waals surface area (Å²) in [6.45, 7) is 4.12. The van der Waals surface area contributed by atoms with Gasteiger partial charge in [0, 0.05) is 19.3 Å². The first kappa shape index (κ1) is 12.5. The molecule has 0 aliphatic heterocycles. The van der Waals surface area contributed by atoms with E-state index >= 15 is 0 Å². The molecule has 0 aliphatic carbocycles. The lowest BCUT2D eigenvalue weighted by Gasteiger charge is -2.09. The fourth-order valence-electron chi connectivity index (χ4n) is 1.50. The van der Waals surface area contributed by atoms with Crippen molar-refractivity contribution in [1.82, 2.24) is 15.5 Å². The minimum atomic E-state index is -0.217. The number of rotatable bonds is 4. The van der Waals surface area contributed by atoms with E-state index in [-0.39, 0.29) is 18.4 Å². The van der Waals surface area contributed by atoms with Crippen molar-refractivity contribution >= 4 is 17.0 Å². The Morgan fingerprint density at radius 2 is 2.39 bits per heavy atom. The number of hydrogen-bond acceptors (Lipinski definition) is 5. The highest BCUT2D eigenvalue weighted by molar-refractivity contribution is 5.96. The van der Waals surface area contributed by atoms with Crippen molar-refractivity contribution in [2.75, 3.05) is 13.2 Å². The second kappa shape index (κ2) is 5.14. The molecule has 2 N–H and O–H groups in total. The van der Waals surface area contributed by atoms with Gasteiger partial charge in [0.15, 0.2) is 0 Å². The van der Waals surface area contributed by atoms with Gasteiger partial charge in [-0.1, -0.05) is 12.1 Å². The molecule has 0 radical (unpaired) electrons. The number of carbonyl (C=O) groups is 1. The molecule has 0 saturated heterocycles. The van der Waals surface area contributed by atoms with Gasteiger partial charge in [-0.25, -0.2) is 4.98 Å². The Labute approximate surface area is 104 Å². The molecule has 1 unspecified atom stereocenters. The van der Waals surface area contributed by atoms with Crippen LogP contribution in [0.25, 0.3) is 11.1 Å². The van der Waals surface area contributed by atoms with Crippen LogP contribution in [0, 0.1) is 12.8 Å². The predicted molar refractivity (Wildman–Crippen MR) is 65.1 cm³/mol. The first-order valence-electron chi connectivity index (χ1n) is 5.73. The van der Waals surface area contributed by atoms with Gasteiger partial charge in [-0.05, 0) is 18.9 Å². The number of aryl methyl sites for hydroxylation is 1. The summed E-state index contributed by atoms with van der Waals surface area (Å²) in [4.78, 5) is 15.9. The Hall–Kier alpha value is -1.95. The van der Waals surface area contributed by atoms with Gasteiger partial charge in [-0.2, -0.15) is 0 Å². The van der Waals surface area contributed by atoms with Gasteiger partial charge in [0.25, 0.3) is 11.6 Å². The van der Waals surface area contributed by atoms with Crippen molar-refractivity contribution in [3.63, 3.8) is 0 Å². The Bertz CT molecular complexity index is 565. The second-order valence-electron chi connectivity index (χ2n) is 4.34. The lowest BCUT2D eigenvalue weighted by Crippen LogP contribution is -2.29. The van der Waals surface area contributed by atoms with Gasteiger partial charge in [0.05, 0.1) is 16.6 Å². The number of amides is 1. The molecular formula is C12H15N3O3. The van der Waals surface area contributed by atoms with Crippen LogP contribution in [0.3, 0.4) is 0 Å². The van der Waals surface area contributed by atoms with Crippen LogP contribution in [0.1, 0.15) is 23.0 Å². The summed E-state index contributed by atoms with van der Waals surface area (Å²) in [6, 6.07) is 1.70. The zero-order valence-electron chi connectivity index (χ0n) is 10.3. The van der Waals surface area contributed by atoms with Crippen LogP contribution < -0.4 is 5.32 Å². The molecule has 0 aromatic carbocycles. The summed E-state index contributed by atoms with van der Waals surface area (Å²) >= 11 is 0. The van der Waals surface area contributed by atoms with E-state index in [2.05, 4.69) is 15.5 Å². The predicted octanol–water partition coefficient (Wildman–Crippen LogP) is 0.889. The average molecular weight is 249 g/mol. The molecule has 6 heteroatoms. The molecule has 0 aliphatic rings. The zero-order chi connectivity index (χ0) is 13.1. The SMILES string of the molecule is Cc1noc2ncc(C(=O)NCC(C)CO)cc12. The molecule has 1 amide bonds. The molecule has 2 aromatic heterocycles. The van der Waals surface area contributed by atoms with Crippen LogP contribution in [0.4, 0.5) is 0 Å². The van der Waals surface area contributed by atoms with Crippen molar-refractivity contribution in [2.24, 2.45) is 5.92 Å². The Balaban J connectivity index is 2.15. The minimum absolute atomic E-state index is 0.0305. The third-order valence-electron chi connectivity index (χ3n) is 2.69. The van der Waals surface area contributed by atoms with Crippen molar-refractivity contribution in [1.29, 1.82) is 0 Å². The van der Waals surface area contributed by atoms with Crippen LogP contribution >= 0.6 is 0 Å². The molecule has 6 nitrogen and oxygen atoms in total. The van der Waals surface area contributed by atoms with Gasteiger partial charge >= 0.3 is 0 Å². The van der Waals surface area contributed by atoms with Crippen molar-refractivity contribution < 1.29 is 14.4 Å². The van der Waals surface area contributed by atoms with Crippen LogP contribution in [-0.2, 0) is 0 Å². The summed E-state index contributed by atoms with van der Waals surface area (Å²) in [7, 11) is 0. The minimum Gasteiger partial charge on any atom is -0.396 e. The van der Waals surface area contributed by atoms with E-state index in [0.717, 1.165) is 5.39 Å². The largest absolute Gasteiger partial charge is 0.396 e. The monoisotopic (exact) mass is 249 g/mol. The molecule has 2 heterocycles. The molecule has 1 atom stereocenters. The van der Waals surface area contributed by atoms with Gasteiger partial charge < -0.3 is 14.9 Å². The number of aliphatic hydroxyl groups excluding tert-OH is 1. The maximum atomic E-state index is 11.9. The number of carbonyl (C=O) groups excluding carboxylic acids is 1. The van der Waals surface area contributed by atoms with E-state index in [9.17, 15) is 4.79 Å². The molecule has 18 heavy (non-hydrogen) atoms. The number of nitrogens with zero attached hydrogens (tertiary/aromatic N) is 2. The molecule has 2 rings (SSSR count). The van der Waals surface area contributed by atoms with Crippen molar-refractivity contribution in [2.45, 2.75) is 13.8 Å². The second-order valence-corrected chi connectivity index (χ2v) is 4.34. The van der Waals surface area contributed by atoms with Gasteiger partial charge in [-0.15, -0.1) is 0 Å². The van der Waals surface area contributed by atoms with Crippen LogP contribution in [-0.4, -0.2) is 34.3 Å². The topological polar surface area (TPSA) is 88.2 Å². The number of pyridine rings is 1. The number of aromatic nitrogens is 2. The normalized spacial score (nSPS) is 12.6. The van der Waals surface area contributed by atoms with E-state index in [1.807, 2.05) is 6.92 Å². The van der Waals surface area contributed by atoms with Crippen molar-refractivity contribution in [3.8, 4) is 0 Å². The third-order valence-corrected chi connectivity index (χ3v) is 2.69. The molecule has 0 saturated carbocycles. The lowest BCUT2D eigenvalue weighted by molar-refractivity contribution is 0.0942. The Morgan fingerprint density at radius 1 is 1.61 bits per heavy atom. The average Bonchev–Trinajstić information content (AvgIpc) is 2.76. The highest BCUT2D eigenvalue weighted by Gasteiger charge is 2.12. The Kier molecular flexibility index (Phi) is 3.57. The van der Waals surface area contributed by atoms with Crippen molar-refractivity contribution in [3.05, 3.63) is 23.5 Å². The zero-order valence-corrected chi connectivity index (χ0v) is 10.3. The smallest absolute Gasteiger partial charge is 0.257 e. The molecule has 0 fully saturated rings. The maximum Gasteiger partial charge on any atom is 0.257 e. The first-order chi connectivity index (χ1) is 8.61. The fourth-order valence-corrected chi connectivity index (χ4v) is 1.50. The standard InChI is InChI=1S/C12H15N3O3/c1-7(6-16)4-13-11(17)9-3-10-8(2)15-18-12(10)14-5-9/h3,5,7,16H,4,6H2,1-2H3,(H,13,17). The maximum absolute atomic E-state index is 11.9. The summed E-state index contributed by atoms with van der Waals surface area (Å²) in [5.41, 5.74) is 1.59. The number of aliphatic hydroxyl groups is 1. The van der Waals surface area contributed by atoms with E-state index < -0.39 is 0 Å². The van der Waals surface area contributed by atoms with E-state index in [1.54, 1.807) is 13.0 Å². The lowest BCUT2D eigenvalue weighted by atomic mass is 10.1. The quantitative estimate of drug-likeness (QED) is 0.840. The summed E-state index contributed by atoms with van der Waals surface area (Å²) in [5.74, 6) is -0.187. The van der Waals surface area contributed by atoms with Gasteiger partial charge in [0.2, 0.25) is 0 Å². The van der Waals surface area contributed by atoms with Crippen LogP contribution in [0.15, 0.2) is 16.8 Å². The molecule has 0 spiro atoms. The molecule has 2 aromatic rings. The summed E-state index contributed by atoms with van der Waals surface area (Å²) in [6.07, 6.45) is 1.45. The number of hydrogen-bond donors (Lipinski definition) is 2. The van der Waals surface area contributed by atoms with Crippen LogP contribution in [0.5, 0.6) is 0 Å². The van der Waals surface area contributed by atoms with E-state index in [1.165, 1.54) is 6.20 Å². The molecule has 0 bridgehead atoms. The first-order valence-corrected chi connectivity index (χ1v) is 5.73. The van der Waals surface area contributed by atoms with Gasteiger partial charge in [0.1, 0.15) is 0 Å². The highest BCUT2D eigenvalue weighted by Crippen LogP contribution is 2.16. The fraction of sp³-hybridized carbons (Fsp3) is 0.417. The summed E-state index contributed by atoms with van der Waals surface area (Å²) in [5, 5.41) is 16.1. The highest BCUT2D eigenvalue weighted by atomic mass is 16.5.